The molecule has 3 fully saturated rings. The molecular formula is C16H30ClPPd. The van der Waals surface area contributed by atoms with Gasteiger partial charge in [-0.1, -0.05) is 46.4 Å². The second-order valence-electron chi connectivity index (χ2n) is 6.26. The Hall–Kier alpha value is 1.38. The summed E-state index contributed by atoms with van der Waals surface area (Å²) >= 11 is 2.22. The molecule has 0 nitrogen and oxygen atoms in total. The summed E-state index contributed by atoms with van der Waals surface area (Å²) in [5.74, 6) is 0. The van der Waals surface area contributed by atoms with Crippen LogP contribution in [0.15, 0.2) is 0 Å². The summed E-state index contributed by atoms with van der Waals surface area (Å²) in [6.07, 6.45) is 19.0. The van der Waals surface area contributed by atoms with Gasteiger partial charge in [-0.25, -0.2) is 0 Å². The number of hydrogen-bond donors (Lipinski definition) is 0. The predicted octanol–water partition coefficient (Wildman–Crippen LogP) is 6.43. The van der Waals surface area contributed by atoms with Gasteiger partial charge in [0.1, 0.15) is 0 Å². The average Bonchev–Trinajstić information content (AvgIpc) is 3.17. The van der Waals surface area contributed by atoms with E-state index in [0.29, 0.717) is 7.92 Å². The van der Waals surface area contributed by atoms with Gasteiger partial charge in [0.2, 0.25) is 0 Å². The van der Waals surface area contributed by atoms with Crippen LogP contribution < -0.4 is 0 Å². The Morgan fingerprint density at radius 1 is 0.579 bits per heavy atom. The van der Waals surface area contributed by atoms with Crippen molar-refractivity contribution in [3.05, 3.63) is 7.43 Å². The molecule has 3 saturated carbocycles. The van der Waals surface area contributed by atoms with E-state index in [9.17, 15) is 0 Å². The molecule has 3 aliphatic rings. The summed E-state index contributed by atoms with van der Waals surface area (Å²) in [6.45, 7) is 0. The van der Waals surface area contributed by atoms with Crippen LogP contribution in [0, 0.1) is 7.43 Å². The van der Waals surface area contributed by atoms with E-state index >= 15 is 0 Å². The van der Waals surface area contributed by atoms with Gasteiger partial charge >= 0.3 is 27.7 Å². The molecule has 0 spiro atoms. The van der Waals surface area contributed by atoms with Crippen molar-refractivity contribution in [2.45, 2.75) is 94.0 Å². The zero-order chi connectivity index (χ0) is 12.8. The molecule has 0 aromatic rings. The summed E-state index contributed by atoms with van der Waals surface area (Å²) in [5.41, 5.74) is 3.63. The Balaban J connectivity index is 0.000000576. The van der Waals surface area contributed by atoms with E-state index in [1.807, 2.05) is 0 Å². The van der Waals surface area contributed by atoms with Gasteiger partial charge in [-0.15, -0.1) is 0 Å². The summed E-state index contributed by atoms with van der Waals surface area (Å²) in [7, 11) is 4.92. The summed E-state index contributed by atoms with van der Waals surface area (Å²) in [5, 5.41) is 0. The third kappa shape index (κ3) is 4.95. The van der Waals surface area contributed by atoms with E-state index in [1.54, 1.807) is 77.0 Å². The fourth-order valence-corrected chi connectivity index (χ4v) is 9.17. The van der Waals surface area contributed by atoms with Crippen LogP contribution in [0.5, 0.6) is 0 Å². The third-order valence-electron chi connectivity index (χ3n) is 5.24. The third-order valence-corrected chi connectivity index (χ3v) is 9.32. The van der Waals surface area contributed by atoms with Gasteiger partial charge in [-0.3, -0.25) is 0 Å². The normalized spacial score (nSPS) is 25.5. The predicted molar refractivity (Wildman–Crippen MR) is 86.0 cm³/mol. The molecule has 116 valence electrons. The van der Waals surface area contributed by atoms with Crippen molar-refractivity contribution < 1.29 is 18.2 Å². The molecule has 0 amide bonds. The van der Waals surface area contributed by atoms with Gasteiger partial charge in [0, 0.05) is 0 Å². The molecule has 0 radical (unpaired) electrons. The van der Waals surface area contributed by atoms with Crippen LogP contribution in [-0.2, 0) is 18.2 Å². The van der Waals surface area contributed by atoms with Gasteiger partial charge in [0.25, 0.3) is 0 Å². The topological polar surface area (TPSA) is 0 Å². The number of halogens is 1. The molecule has 3 heteroatoms. The second kappa shape index (κ2) is 10.2. The van der Waals surface area contributed by atoms with Gasteiger partial charge in [0.15, 0.2) is 0 Å². The molecule has 19 heavy (non-hydrogen) atoms. The first kappa shape index (κ1) is 18.4. The number of rotatable bonds is 3. The van der Waals surface area contributed by atoms with Crippen LogP contribution in [-0.4, -0.2) is 17.0 Å². The Labute approximate surface area is 137 Å². The molecule has 0 N–H and O–H groups in total. The molecule has 0 heterocycles. The molecule has 3 aliphatic carbocycles. The van der Waals surface area contributed by atoms with E-state index in [0.717, 1.165) is 0 Å². The summed E-state index contributed by atoms with van der Waals surface area (Å²) < 4.78 is 0. The molecule has 0 bridgehead atoms. The van der Waals surface area contributed by atoms with Crippen LogP contribution in [0.2, 0.25) is 0 Å². The Kier molecular flexibility index (Phi) is 9.86. The monoisotopic (exact) mass is 394 g/mol. The second-order valence-corrected chi connectivity index (χ2v) is 9.35. The molecular weight excluding hydrogens is 365 g/mol. The van der Waals surface area contributed by atoms with Crippen LogP contribution in [0.25, 0.3) is 0 Å². The van der Waals surface area contributed by atoms with Gasteiger partial charge < -0.3 is 7.43 Å². The van der Waals surface area contributed by atoms with Crippen LogP contribution in [0.4, 0.5) is 0 Å². The Morgan fingerprint density at radius 3 is 1.00 bits per heavy atom. The molecule has 0 aromatic carbocycles. The standard InChI is InChI=1S/C15H27P.CH3.ClH.Pd/c1-2-8-13(7-1)16(14-9-3-4-10-14)15-11-5-6-12-15;;;/h13-15H,1-12H2;1H3;1H;/q;-1;;+2/p-1. The van der Waals surface area contributed by atoms with Gasteiger partial charge in [-0.2, -0.15) is 0 Å². The first-order valence-electron chi connectivity index (χ1n) is 7.84. The fourth-order valence-electron chi connectivity index (χ4n) is 4.50. The summed E-state index contributed by atoms with van der Waals surface area (Å²) in [6, 6.07) is 0. The zero-order valence-electron chi connectivity index (χ0n) is 12.4. The van der Waals surface area contributed by atoms with Crippen molar-refractivity contribution in [2.75, 3.05) is 0 Å². The molecule has 0 aliphatic heterocycles. The molecule has 0 atom stereocenters. The van der Waals surface area contributed by atoms with Crippen molar-refractivity contribution in [3.63, 3.8) is 0 Å². The Bertz CT molecular complexity index is 181. The fraction of sp³-hybridized carbons (Fsp3) is 0.938. The maximum absolute atomic E-state index is 4.49. The SMILES string of the molecule is C1CCC(P(C2CCCC2)C2CCCC2)C1.[CH3-].[Cl][Pd+]. The van der Waals surface area contributed by atoms with E-state index < -0.39 is 0 Å². The number of hydrogen-bond acceptors (Lipinski definition) is 0. The molecule has 0 unspecified atom stereocenters. The van der Waals surface area contributed by atoms with Crippen molar-refractivity contribution in [1.82, 2.24) is 0 Å². The first-order valence-corrected chi connectivity index (χ1v) is 11.4. The van der Waals surface area contributed by atoms with Crippen molar-refractivity contribution in [1.29, 1.82) is 0 Å². The molecule has 0 saturated heterocycles. The minimum atomic E-state index is 0. The minimum absolute atomic E-state index is 0. The summed E-state index contributed by atoms with van der Waals surface area (Å²) in [4.78, 5) is 0. The van der Waals surface area contributed by atoms with Crippen molar-refractivity contribution in [2.24, 2.45) is 0 Å². The van der Waals surface area contributed by atoms with E-state index in [-0.39, 0.29) is 7.43 Å². The van der Waals surface area contributed by atoms with Crippen molar-refractivity contribution >= 4 is 17.5 Å². The van der Waals surface area contributed by atoms with Crippen molar-refractivity contribution in [3.8, 4) is 0 Å². The van der Waals surface area contributed by atoms with Crippen LogP contribution in [0.3, 0.4) is 0 Å². The molecule has 0 aromatic heterocycles. The van der Waals surface area contributed by atoms with Crippen LogP contribution >= 0.6 is 17.5 Å². The zero-order valence-corrected chi connectivity index (χ0v) is 15.6. The van der Waals surface area contributed by atoms with Gasteiger partial charge in [-0.05, 0) is 55.5 Å². The van der Waals surface area contributed by atoms with E-state index in [4.69, 9.17) is 0 Å². The van der Waals surface area contributed by atoms with E-state index in [2.05, 4.69) is 27.7 Å². The van der Waals surface area contributed by atoms with Gasteiger partial charge in [0.05, 0.1) is 0 Å². The Morgan fingerprint density at radius 2 is 0.789 bits per heavy atom. The quantitative estimate of drug-likeness (QED) is 0.293. The van der Waals surface area contributed by atoms with Crippen LogP contribution in [0.1, 0.15) is 77.0 Å². The first-order chi connectivity index (χ1) is 8.95. The average molecular weight is 395 g/mol. The molecule has 3 rings (SSSR count). The van der Waals surface area contributed by atoms with E-state index in [1.165, 1.54) is 17.0 Å². The maximum atomic E-state index is 4.49.